The van der Waals surface area contributed by atoms with Gasteiger partial charge in [0.25, 0.3) is 0 Å². The first-order valence-corrected chi connectivity index (χ1v) is 12.5. The van der Waals surface area contributed by atoms with Crippen LogP contribution in [0, 0.1) is 0 Å². The van der Waals surface area contributed by atoms with Crippen LogP contribution >= 0.6 is 0 Å². The summed E-state index contributed by atoms with van der Waals surface area (Å²) in [5.74, 6) is -3.00. The van der Waals surface area contributed by atoms with E-state index in [-0.39, 0.29) is 16.7 Å². The van der Waals surface area contributed by atoms with Crippen LogP contribution in [-0.2, 0) is 29.3 Å². The summed E-state index contributed by atoms with van der Waals surface area (Å²) in [6.07, 6.45) is 4.28. The van der Waals surface area contributed by atoms with Crippen molar-refractivity contribution in [3.8, 4) is 0 Å². The predicted octanol–water partition coefficient (Wildman–Crippen LogP) is 6.69. The molecule has 36 heavy (non-hydrogen) atoms. The third-order valence-electron chi connectivity index (χ3n) is 5.29. The van der Waals surface area contributed by atoms with Crippen LogP contribution in [0.5, 0.6) is 0 Å². The average Bonchev–Trinajstić information content (AvgIpc) is 2.79. The summed E-state index contributed by atoms with van der Waals surface area (Å²) >= 11 is 0. The van der Waals surface area contributed by atoms with Crippen molar-refractivity contribution in [2.24, 2.45) is 0 Å². The second-order valence-corrected chi connectivity index (χ2v) is 10.6. The van der Waals surface area contributed by atoms with Crippen molar-refractivity contribution in [1.82, 2.24) is 0 Å². The zero-order chi connectivity index (χ0) is 27.6. The normalized spacial score (nSPS) is 12.2. The minimum atomic E-state index is -1.06. The van der Waals surface area contributed by atoms with Crippen LogP contribution in [0.25, 0.3) is 0 Å². The van der Waals surface area contributed by atoms with E-state index in [0.717, 1.165) is 19.3 Å². The van der Waals surface area contributed by atoms with Gasteiger partial charge in [-0.2, -0.15) is 14.7 Å². The fraction of sp³-hybridized carbons (Fsp3) is 0.667. The Labute approximate surface area is 214 Å². The molecule has 0 spiro atoms. The number of hydrogen-bond donors (Lipinski definition) is 0. The Morgan fingerprint density at radius 1 is 0.583 bits per heavy atom. The Hall–Kier alpha value is -2.49. The summed E-state index contributed by atoms with van der Waals surface area (Å²) in [5, 5.41) is 0. The standard InChI is InChI=1S/C27H42O9/c1-10-16-25(4,5)34-31-22(28)19-14-13-15-20(23(29)32-35-26(6,7)17-11-2)21(19)24(30)33-36-27(8,9)18-12-3/h13-15H,10-12,16-18H2,1-9H3. The van der Waals surface area contributed by atoms with E-state index in [1.165, 1.54) is 18.2 Å². The van der Waals surface area contributed by atoms with E-state index in [1.54, 1.807) is 41.5 Å². The van der Waals surface area contributed by atoms with Crippen LogP contribution in [0.15, 0.2) is 18.2 Å². The summed E-state index contributed by atoms with van der Waals surface area (Å²) in [7, 11) is 0. The van der Waals surface area contributed by atoms with Crippen LogP contribution in [0.2, 0.25) is 0 Å². The number of carbonyl (C=O) groups excluding carboxylic acids is 3. The molecule has 0 atom stereocenters. The molecule has 0 heterocycles. The number of carbonyl (C=O) groups is 3. The molecule has 0 aromatic heterocycles. The largest absolute Gasteiger partial charge is 0.374 e. The second kappa shape index (κ2) is 13.7. The first kappa shape index (κ1) is 31.5. The van der Waals surface area contributed by atoms with Crippen molar-refractivity contribution in [3.05, 3.63) is 34.9 Å². The van der Waals surface area contributed by atoms with Gasteiger partial charge >= 0.3 is 17.9 Å². The SMILES string of the molecule is CCCC(C)(C)OOC(=O)c1cccc(C(=O)OOC(C)(C)CCC)c1C(=O)OOC(C)(C)CCC. The first-order valence-electron chi connectivity index (χ1n) is 12.5. The van der Waals surface area contributed by atoms with Gasteiger partial charge in [0, 0.05) is 0 Å². The maximum Gasteiger partial charge on any atom is 0.374 e. The van der Waals surface area contributed by atoms with Crippen molar-refractivity contribution in [2.75, 3.05) is 0 Å². The van der Waals surface area contributed by atoms with Gasteiger partial charge in [0.2, 0.25) is 0 Å². The molecule has 0 aliphatic heterocycles. The molecule has 9 nitrogen and oxygen atoms in total. The highest BCUT2D eigenvalue weighted by Gasteiger charge is 2.32. The highest BCUT2D eigenvalue weighted by atomic mass is 17.2. The van der Waals surface area contributed by atoms with Crippen LogP contribution in [0.1, 0.15) is 132 Å². The van der Waals surface area contributed by atoms with Gasteiger partial charge in [-0.1, -0.05) is 46.1 Å². The zero-order valence-electron chi connectivity index (χ0n) is 23.1. The smallest absolute Gasteiger partial charge is 0.292 e. The third-order valence-corrected chi connectivity index (χ3v) is 5.29. The number of hydrogen-bond acceptors (Lipinski definition) is 9. The lowest BCUT2D eigenvalue weighted by Gasteiger charge is -2.24. The molecular formula is C27H42O9. The van der Waals surface area contributed by atoms with Crippen LogP contribution in [-0.4, -0.2) is 34.7 Å². The van der Waals surface area contributed by atoms with Gasteiger partial charge in [-0.15, -0.1) is 0 Å². The van der Waals surface area contributed by atoms with Crippen molar-refractivity contribution in [3.63, 3.8) is 0 Å². The van der Waals surface area contributed by atoms with E-state index in [9.17, 15) is 14.4 Å². The Balaban J connectivity index is 3.30. The van der Waals surface area contributed by atoms with Gasteiger partial charge in [0.05, 0.1) is 16.7 Å². The fourth-order valence-corrected chi connectivity index (χ4v) is 3.63. The quantitative estimate of drug-likeness (QED) is 0.188. The molecule has 0 saturated carbocycles. The van der Waals surface area contributed by atoms with Crippen LogP contribution < -0.4 is 0 Å². The van der Waals surface area contributed by atoms with Gasteiger partial charge in [-0.05, 0) is 72.9 Å². The van der Waals surface area contributed by atoms with Gasteiger partial charge in [-0.3, -0.25) is 14.7 Å². The molecule has 0 aliphatic carbocycles. The molecule has 0 N–H and O–H groups in total. The van der Waals surface area contributed by atoms with E-state index in [1.807, 2.05) is 20.8 Å². The molecule has 0 radical (unpaired) electrons. The molecule has 1 aromatic carbocycles. The van der Waals surface area contributed by atoms with E-state index >= 15 is 0 Å². The first-order chi connectivity index (χ1) is 16.7. The highest BCUT2D eigenvalue weighted by molar-refractivity contribution is 6.10. The summed E-state index contributed by atoms with van der Waals surface area (Å²) in [5.41, 5.74) is -3.13. The molecule has 0 amide bonds. The van der Waals surface area contributed by atoms with E-state index < -0.39 is 34.7 Å². The number of rotatable bonds is 15. The minimum Gasteiger partial charge on any atom is -0.292 e. The van der Waals surface area contributed by atoms with Crippen molar-refractivity contribution in [2.45, 2.75) is 118 Å². The van der Waals surface area contributed by atoms with Crippen molar-refractivity contribution >= 4 is 17.9 Å². The molecule has 0 fully saturated rings. The van der Waals surface area contributed by atoms with Crippen LogP contribution in [0.3, 0.4) is 0 Å². The summed E-state index contributed by atoms with van der Waals surface area (Å²) < 4.78 is 0. The van der Waals surface area contributed by atoms with E-state index in [2.05, 4.69) is 0 Å². The molecule has 0 bridgehead atoms. The predicted molar refractivity (Wildman–Crippen MR) is 133 cm³/mol. The maximum atomic E-state index is 13.1. The summed E-state index contributed by atoms with van der Waals surface area (Å²) in [6, 6.07) is 4.07. The van der Waals surface area contributed by atoms with E-state index in [0.29, 0.717) is 19.3 Å². The Morgan fingerprint density at radius 3 is 1.19 bits per heavy atom. The van der Waals surface area contributed by atoms with Crippen molar-refractivity contribution in [1.29, 1.82) is 0 Å². The molecule has 1 rings (SSSR count). The topological polar surface area (TPSA) is 107 Å². The molecule has 0 aliphatic rings. The summed E-state index contributed by atoms with van der Waals surface area (Å²) in [6.45, 7) is 16.5. The van der Waals surface area contributed by atoms with Crippen molar-refractivity contribution < 1.29 is 43.7 Å². The lowest BCUT2D eigenvalue weighted by Crippen LogP contribution is -2.29. The van der Waals surface area contributed by atoms with Crippen LogP contribution in [0.4, 0.5) is 0 Å². The summed E-state index contributed by atoms with van der Waals surface area (Å²) in [4.78, 5) is 70.0. The Morgan fingerprint density at radius 2 is 0.889 bits per heavy atom. The highest BCUT2D eigenvalue weighted by Crippen LogP contribution is 2.25. The lowest BCUT2D eigenvalue weighted by molar-refractivity contribution is -0.310. The molecular weight excluding hydrogens is 468 g/mol. The zero-order valence-corrected chi connectivity index (χ0v) is 23.1. The molecule has 0 unspecified atom stereocenters. The third kappa shape index (κ3) is 10.2. The van der Waals surface area contributed by atoms with Gasteiger partial charge < -0.3 is 0 Å². The van der Waals surface area contributed by atoms with Gasteiger partial charge in [0.15, 0.2) is 0 Å². The molecule has 0 saturated heterocycles. The van der Waals surface area contributed by atoms with E-state index in [4.69, 9.17) is 29.3 Å². The number of benzene rings is 1. The second-order valence-electron chi connectivity index (χ2n) is 10.6. The van der Waals surface area contributed by atoms with Gasteiger partial charge in [-0.25, -0.2) is 14.4 Å². The lowest BCUT2D eigenvalue weighted by atomic mass is 10.0. The minimum absolute atomic E-state index is 0.244. The molecule has 204 valence electrons. The molecule has 1 aromatic rings. The Kier molecular flexibility index (Phi) is 12.0. The average molecular weight is 511 g/mol. The maximum absolute atomic E-state index is 13.1. The fourth-order valence-electron chi connectivity index (χ4n) is 3.63. The molecule has 9 heteroatoms. The van der Waals surface area contributed by atoms with Gasteiger partial charge in [0.1, 0.15) is 16.8 Å². The monoisotopic (exact) mass is 510 g/mol. The Bertz CT molecular complexity index is 835.